The quantitative estimate of drug-likeness (QED) is 0.586. The third kappa shape index (κ3) is 3.63. The summed E-state index contributed by atoms with van der Waals surface area (Å²) in [5.74, 6) is 0.414. The fourth-order valence-electron chi connectivity index (χ4n) is 2.22. The van der Waals surface area contributed by atoms with Crippen LogP contribution in [-0.4, -0.2) is 26.2 Å². The van der Waals surface area contributed by atoms with Crippen molar-refractivity contribution in [2.75, 3.05) is 26.0 Å². The average molecular weight is 280 g/mol. The molecule has 20 heavy (non-hydrogen) atoms. The Morgan fingerprint density at radius 1 is 1.30 bits per heavy atom. The molecule has 0 fully saturated rings. The van der Waals surface area contributed by atoms with Crippen molar-refractivity contribution >= 4 is 11.7 Å². The zero-order chi connectivity index (χ0) is 15.2. The topological polar surface area (TPSA) is 87.6 Å². The van der Waals surface area contributed by atoms with Crippen LogP contribution in [-0.2, 0) is 16.0 Å². The summed E-state index contributed by atoms with van der Waals surface area (Å²) < 4.78 is 10.4. The fraction of sp³-hybridized carbons (Fsp3) is 0.533. The van der Waals surface area contributed by atoms with Crippen molar-refractivity contribution in [2.45, 2.75) is 26.7 Å². The standard InChI is InChI=1S/C15H24N2O3/c1-4-15(10-16,14(18)20-5-2)9-11-6-12(17)8-13(7-11)19-3/h6-8H,4-5,9-10,16-17H2,1-3H3. The Balaban J connectivity index is 3.06. The molecule has 0 saturated carbocycles. The highest BCUT2D eigenvalue weighted by Gasteiger charge is 2.37. The van der Waals surface area contributed by atoms with E-state index in [-0.39, 0.29) is 12.5 Å². The van der Waals surface area contributed by atoms with Crippen LogP contribution in [0.1, 0.15) is 25.8 Å². The van der Waals surface area contributed by atoms with Gasteiger partial charge in [0.25, 0.3) is 0 Å². The lowest BCUT2D eigenvalue weighted by atomic mass is 9.79. The number of carbonyl (C=O) groups excluding carboxylic acids is 1. The van der Waals surface area contributed by atoms with Crippen LogP contribution in [0.3, 0.4) is 0 Å². The van der Waals surface area contributed by atoms with E-state index in [0.717, 1.165) is 5.56 Å². The summed E-state index contributed by atoms with van der Waals surface area (Å²) >= 11 is 0. The first kappa shape index (κ1) is 16.3. The average Bonchev–Trinajstić information content (AvgIpc) is 2.44. The number of carbonyl (C=O) groups is 1. The van der Waals surface area contributed by atoms with E-state index in [1.807, 2.05) is 19.1 Å². The Labute approximate surface area is 120 Å². The lowest BCUT2D eigenvalue weighted by molar-refractivity contribution is -0.155. The minimum absolute atomic E-state index is 0.236. The van der Waals surface area contributed by atoms with Gasteiger partial charge >= 0.3 is 5.97 Å². The van der Waals surface area contributed by atoms with Crippen molar-refractivity contribution in [2.24, 2.45) is 11.1 Å². The molecule has 4 N–H and O–H groups in total. The number of hydrogen-bond acceptors (Lipinski definition) is 5. The second-order valence-electron chi connectivity index (χ2n) is 4.85. The first-order valence-electron chi connectivity index (χ1n) is 6.82. The molecule has 5 heteroatoms. The van der Waals surface area contributed by atoms with E-state index in [1.165, 1.54) is 0 Å². The number of benzene rings is 1. The normalized spacial score (nSPS) is 13.6. The van der Waals surface area contributed by atoms with Gasteiger partial charge in [0.15, 0.2) is 0 Å². The van der Waals surface area contributed by atoms with Gasteiger partial charge in [-0.3, -0.25) is 4.79 Å². The van der Waals surface area contributed by atoms with Crippen LogP contribution in [0.5, 0.6) is 5.75 Å². The van der Waals surface area contributed by atoms with Gasteiger partial charge in [-0.2, -0.15) is 0 Å². The third-order valence-electron chi connectivity index (χ3n) is 3.54. The van der Waals surface area contributed by atoms with E-state index in [4.69, 9.17) is 20.9 Å². The fourth-order valence-corrected chi connectivity index (χ4v) is 2.22. The molecule has 112 valence electrons. The van der Waals surface area contributed by atoms with Gasteiger partial charge in [-0.05, 0) is 37.5 Å². The lowest BCUT2D eigenvalue weighted by Gasteiger charge is -2.29. The first-order valence-corrected chi connectivity index (χ1v) is 6.82. The van der Waals surface area contributed by atoms with E-state index in [2.05, 4.69) is 0 Å². The van der Waals surface area contributed by atoms with Crippen LogP contribution in [0.25, 0.3) is 0 Å². The zero-order valence-electron chi connectivity index (χ0n) is 12.4. The van der Waals surface area contributed by atoms with Gasteiger partial charge in [-0.1, -0.05) is 6.92 Å². The Hall–Kier alpha value is -1.75. The van der Waals surface area contributed by atoms with Crippen molar-refractivity contribution < 1.29 is 14.3 Å². The number of anilines is 1. The highest BCUT2D eigenvalue weighted by atomic mass is 16.5. The first-order chi connectivity index (χ1) is 9.51. The Kier molecular flexibility index (Phi) is 5.82. The maximum Gasteiger partial charge on any atom is 0.313 e. The molecule has 0 aromatic heterocycles. The number of nitrogens with two attached hydrogens (primary N) is 2. The lowest BCUT2D eigenvalue weighted by Crippen LogP contribution is -2.41. The van der Waals surface area contributed by atoms with E-state index < -0.39 is 5.41 Å². The Bertz CT molecular complexity index is 456. The van der Waals surface area contributed by atoms with Crippen LogP contribution in [0.15, 0.2) is 18.2 Å². The smallest absolute Gasteiger partial charge is 0.313 e. The SMILES string of the molecule is CCOC(=O)C(CC)(CN)Cc1cc(N)cc(OC)c1. The van der Waals surface area contributed by atoms with E-state index in [9.17, 15) is 4.79 Å². The summed E-state index contributed by atoms with van der Waals surface area (Å²) in [7, 11) is 1.58. The van der Waals surface area contributed by atoms with Crippen molar-refractivity contribution in [3.8, 4) is 5.75 Å². The molecule has 0 aliphatic heterocycles. The summed E-state index contributed by atoms with van der Waals surface area (Å²) in [4.78, 5) is 12.2. The maximum absolute atomic E-state index is 12.2. The summed E-state index contributed by atoms with van der Waals surface area (Å²) in [6, 6.07) is 5.45. The van der Waals surface area contributed by atoms with Gasteiger partial charge in [0.2, 0.25) is 0 Å². The summed E-state index contributed by atoms with van der Waals surface area (Å²) in [6.07, 6.45) is 1.10. The molecule has 0 heterocycles. The Morgan fingerprint density at radius 3 is 2.50 bits per heavy atom. The van der Waals surface area contributed by atoms with Gasteiger partial charge in [0.1, 0.15) is 5.75 Å². The second-order valence-corrected chi connectivity index (χ2v) is 4.85. The molecular weight excluding hydrogens is 256 g/mol. The predicted octanol–water partition coefficient (Wildman–Crippen LogP) is 1.74. The molecule has 0 aliphatic carbocycles. The van der Waals surface area contributed by atoms with Crippen LogP contribution in [0, 0.1) is 5.41 Å². The molecule has 5 nitrogen and oxygen atoms in total. The van der Waals surface area contributed by atoms with Crippen LogP contribution >= 0.6 is 0 Å². The molecule has 1 atom stereocenters. The molecule has 1 aromatic carbocycles. The molecule has 0 bridgehead atoms. The molecule has 0 radical (unpaired) electrons. The predicted molar refractivity (Wildman–Crippen MR) is 79.5 cm³/mol. The maximum atomic E-state index is 12.2. The summed E-state index contributed by atoms with van der Waals surface area (Å²) in [5, 5.41) is 0. The highest BCUT2D eigenvalue weighted by Crippen LogP contribution is 2.30. The molecule has 0 saturated heterocycles. The minimum Gasteiger partial charge on any atom is -0.497 e. The number of nitrogen functional groups attached to an aromatic ring is 1. The monoisotopic (exact) mass is 280 g/mol. The second kappa shape index (κ2) is 7.14. The van der Waals surface area contributed by atoms with Crippen molar-refractivity contribution in [1.82, 2.24) is 0 Å². The van der Waals surface area contributed by atoms with Crippen LogP contribution in [0.4, 0.5) is 5.69 Å². The summed E-state index contributed by atoms with van der Waals surface area (Å²) in [5.41, 5.74) is 12.5. The molecule has 1 rings (SSSR count). The van der Waals surface area contributed by atoms with Crippen molar-refractivity contribution in [3.05, 3.63) is 23.8 Å². The number of rotatable bonds is 7. The molecule has 0 aliphatic rings. The number of esters is 1. The van der Waals surface area contributed by atoms with Gasteiger partial charge in [-0.15, -0.1) is 0 Å². The molecule has 1 aromatic rings. The molecule has 1 unspecified atom stereocenters. The van der Waals surface area contributed by atoms with Gasteiger partial charge in [0, 0.05) is 18.3 Å². The van der Waals surface area contributed by atoms with E-state index in [0.29, 0.717) is 30.9 Å². The Morgan fingerprint density at radius 2 is 2.00 bits per heavy atom. The number of methoxy groups -OCH3 is 1. The van der Waals surface area contributed by atoms with Gasteiger partial charge in [-0.25, -0.2) is 0 Å². The zero-order valence-corrected chi connectivity index (χ0v) is 12.4. The number of ether oxygens (including phenoxy) is 2. The van der Waals surface area contributed by atoms with E-state index in [1.54, 1.807) is 20.1 Å². The van der Waals surface area contributed by atoms with Crippen LogP contribution in [0.2, 0.25) is 0 Å². The van der Waals surface area contributed by atoms with Crippen LogP contribution < -0.4 is 16.2 Å². The summed E-state index contributed by atoms with van der Waals surface area (Å²) in [6.45, 7) is 4.31. The third-order valence-corrected chi connectivity index (χ3v) is 3.54. The van der Waals surface area contributed by atoms with Crippen molar-refractivity contribution in [3.63, 3.8) is 0 Å². The van der Waals surface area contributed by atoms with Crippen molar-refractivity contribution in [1.29, 1.82) is 0 Å². The van der Waals surface area contributed by atoms with E-state index >= 15 is 0 Å². The minimum atomic E-state index is -0.713. The molecule has 0 spiro atoms. The highest BCUT2D eigenvalue weighted by molar-refractivity contribution is 5.77. The number of hydrogen-bond donors (Lipinski definition) is 2. The molecular formula is C15H24N2O3. The van der Waals surface area contributed by atoms with Gasteiger partial charge < -0.3 is 20.9 Å². The molecule has 0 amide bonds. The largest absolute Gasteiger partial charge is 0.497 e. The van der Waals surface area contributed by atoms with Gasteiger partial charge in [0.05, 0.1) is 19.1 Å².